The van der Waals surface area contributed by atoms with Crippen LogP contribution in [-0.2, 0) is 20.4 Å². The lowest BCUT2D eigenvalue weighted by Gasteiger charge is -2.28. The lowest BCUT2D eigenvalue weighted by Crippen LogP contribution is -2.24. The predicted octanol–water partition coefficient (Wildman–Crippen LogP) is 7.64. The molecule has 0 aromatic rings. The smallest absolute Gasteiger partial charge is 0.309 e. The molecule has 1 atom stereocenters. The van der Waals surface area contributed by atoms with Gasteiger partial charge in [-0.1, -0.05) is 65.8 Å². The summed E-state index contributed by atoms with van der Waals surface area (Å²) in [5.41, 5.74) is 0.283. The van der Waals surface area contributed by atoms with Crippen LogP contribution in [-0.4, -0.2) is 32.8 Å². The summed E-state index contributed by atoms with van der Waals surface area (Å²) in [6.45, 7) is 16.2. The first-order chi connectivity index (χ1) is 17.4. The molecule has 2 N–H and O–H groups in total. The second kappa shape index (κ2) is 12.6. The number of hydrogen-bond donors (Lipinski definition) is 2. The number of Topliss-reactive ketones (excluding diaryl/α,β-unsaturated/α-hetero) is 1. The van der Waals surface area contributed by atoms with Crippen LogP contribution in [0.25, 0.3) is 0 Å². The first kappa shape index (κ1) is 32.4. The number of ketones is 1. The Labute approximate surface area is 233 Å². The summed E-state index contributed by atoms with van der Waals surface area (Å²) < 4.78 is 13.4. The molecule has 6 heteroatoms. The van der Waals surface area contributed by atoms with Gasteiger partial charge >= 0.3 is 5.97 Å². The van der Waals surface area contributed by atoms with E-state index in [2.05, 4.69) is 59.8 Å². The van der Waals surface area contributed by atoms with Gasteiger partial charge in [-0.25, -0.2) is 4.21 Å². The van der Waals surface area contributed by atoms with E-state index in [0.29, 0.717) is 32.1 Å². The van der Waals surface area contributed by atoms with Gasteiger partial charge in [0.2, 0.25) is 0 Å². The third kappa shape index (κ3) is 9.44. The molecule has 2 aliphatic rings. The lowest BCUT2D eigenvalue weighted by atomic mass is 9.77. The molecule has 214 valence electrons. The second-order valence-electron chi connectivity index (χ2n) is 13.9. The monoisotopic (exact) mass is 546 g/mol. The van der Waals surface area contributed by atoms with Crippen molar-refractivity contribution in [2.45, 2.75) is 113 Å². The van der Waals surface area contributed by atoms with Gasteiger partial charge in [0, 0.05) is 27.2 Å². The second-order valence-corrected chi connectivity index (χ2v) is 15.5. The SMILES string of the molecule is CC1(C)C=C(CCCC2=CC(C)(C)C=C(CCCC(C)(C)CO)S2=O)C(=O)C(CCCC(C)(C)C(=O)O)=C1. The van der Waals surface area contributed by atoms with E-state index in [1.54, 1.807) is 13.8 Å². The van der Waals surface area contributed by atoms with Crippen LogP contribution in [0.15, 0.2) is 45.3 Å². The van der Waals surface area contributed by atoms with Crippen LogP contribution in [0.1, 0.15) is 113 Å². The van der Waals surface area contributed by atoms with Crippen LogP contribution in [0.4, 0.5) is 0 Å². The normalized spacial score (nSPS) is 21.4. The van der Waals surface area contributed by atoms with Crippen molar-refractivity contribution < 1.29 is 24.0 Å². The quantitative estimate of drug-likeness (QED) is 0.233. The highest BCUT2D eigenvalue weighted by molar-refractivity contribution is 7.92. The van der Waals surface area contributed by atoms with E-state index in [1.807, 2.05) is 6.08 Å². The highest BCUT2D eigenvalue weighted by Crippen LogP contribution is 2.38. The van der Waals surface area contributed by atoms with E-state index in [1.165, 1.54) is 0 Å². The molecule has 1 aliphatic carbocycles. The number of hydrogen-bond acceptors (Lipinski definition) is 4. The highest BCUT2D eigenvalue weighted by atomic mass is 32.2. The Balaban J connectivity index is 1.99. The van der Waals surface area contributed by atoms with Gasteiger partial charge in [0.25, 0.3) is 0 Å². The third-order valence-electron chi connectivity index (χ3n) is 7.62. The standard InChI is InChI=1S/C32H50O5S/c1-29(2,22-33)16-11-15-26-21-31(5,6)20-25(38(26)37)14-9-12-23-18-30(3,4)19-24(27(23)34)13-10-17-32(7,8)28(35)36/h18-21,33H,9-17,22H2,1-8H3,(H,35,36). The number of aliphatic hydroxyl groups excluding tert-OH is 1. The molecule has 38 heavy (non-hydrogen) atoms. The molecular weight excluding hydrogens is 496 g/mol. The van der Waals surface area contributed by atoms with Gasteiger partial charge in [-0.2, -0.15) is 0 Å². The molecule has 2 rings (SSSR count). The largest absolute Gasteiger partial charge is 0.481 e. The van der Waals surface area contributed by atoms with E-state index in [-0.39, 0.29) is 28.6 Å². The minimum atomic E-state index is -1.15. The number of carbonyl (C=O) groups is 2. The van der Waals surface area contributed by atoms with E-state index >= 15 is 0 Å². The minimum absolute atomic E-state index is 0.0728. The third-order valence-corrected chi connectivity index (χ3v) is 9.22. The van der Waals surface area contributed by atoms with Crippen LogP contribution < -0.4 is 0 Å². The number of rotatable bonds is 14. The van der Waals surface area contributed by atoms with Crippen LogP contribution in [0.5, 0.6) is 0 Å². The van der Waals surface area contributed by atoms with Crippen molar-refractivity contribution in [3.63, 3.8) is 0 Å². The Bertz CT molecular complexity index is 1050. The average Bonchev–Trinajstić information content (AvgIpc) is 2.78. The van der Waals surface area contributed by atoms with Gasteiger partial charge in [0.05, 0.1) is 16.2 Å². The van der Waals surface area contributed by atoms with Crippen molar-refractivity contribution in [3.8, 4) is 0 Å². The first-order valence-corrected chi connectivity index (χ1v) is 15.2. The fraction of sp³-hybridized carbons (Fsp3) is 0.688. The predicted molar refractivity (Wildman–Crippen MR) is 157 cm³/mol. The summed E-state index contributed by atoms with van der Waals surface area (Å²) in [5.74, 6) is -0.740. The zero-order chi connectivity index (χ0) is 28.9. The number of aliphatic carboxylic acids is 1. The number of allylic oxidation sites excluding steroid dienone is 8. The number of carboxylic acid groups (broad SMARTS) is 1. The van der Waals surface area contributed by atoms with Crippen molar-refractivity contribution >= 4 is 22.6 Å². The van der Waals surface area contributed by atoms with Gasteiger partial charge in [0.1, 0.15) is 0 Å². The van der Waals surface area contributed by atoms with E-state index in [4.69, 9.17) is 0 Å². The molecule has 0 amide bonds. The van der Waals surface area contributed by atoms with Gasteiger partial charge in [-0.3, -0.25) is 9.59 Å². The van der Waals surface area contributed by atoms with E-state index in [9.17, 15) is 24.0 Å². The average molecular weight is 547 g/mol. The van der Waals surface area contributed by atoms with Gasteiger partial charge in [-0.15, -0.1) is 0 Å². The lowest BCUT2D eigenvalue weighted by molar-refractivity contribution is -0.147. The zero-order valence-electron chi connectivity index (χ0n) is 24.9. The Hall–Kier alpha value is -1.79. The summed E-state index contributed by atoms with van der Waals surface area (Å²) in [7, 11) is -1.15. The minimum Gasteiger partial charge on any atom is -0.481 e. The van der Waals surface area contributed by atoms with Crippen molar-refractivity contribution in [2.24, 2.45) is 21.7 Å². The number of carbonyl (C=O) groups excluding carboxylic acids is 1. The molecule has 0 radical (unpaired) electrons. The molecule has 0 aromatic carbocycles. The molecule has 1 aliphatic heterocycles. The van der Waals surface area contributed by atoms with Crippen LogP contribution in [0.2, 0.25) is 0 Å². The molecule has 1 unspecified atom stereocenters. The molecule has 0 saturated carbocycles. The Morgan fingerprint density at radius 3 is 1.74 bits per heavy atom. The van der Waals surface area contributed by atoms with E-state index < -0.39 is 22.2 Å². The highest BCUT2D eigenvalue weighted by Gasteiger charge is 2.30. The molecule has 0 saturated heterocycles. The molecule has 0 fully saturated rings. The Morgan fingerprint density at radius 1 is 0.789 bits per heavy atom. The molecular formula is C32H50O5S. The summed E-state index contributed by atoms with van der Waals surface area (Å²) >= 11 is 0. The summed E-state index contributed by atoms with van der Waals surface area (Å²) in [6.07, 6.45) is 14.7. The maximum absolute atomic E-state index is 13.4. The summed E-state index contributed by atoms with van der Waals surface area (Å²) in [4.78, 5) is 26.6. The molecule has 0 bridgehead atoms. The topological polar surface area (TPSA) is 91.7 Å². The fourth-order valence-corrected chi connectivity index (χ4v) is 7.04. The zero-order valence-corrected chi connectivity index (χ0v) is 25.7. The first-order valence-electron chi connectivity index (χ1n) is 14.1. The van der Waals surface area contributed by atoms with Crippen LogP contribution in [0, 0.1) is 21.7 Å². The van der Waals surface area contributed by atoms with Crippen molar-refractivity contribution in [2.75, 3.05) is 6.61 Å². The molecule has 1 heterocycles. The molecule has 0 aromatic heterocycles. The maximum atomic E-state index is 13.4. The molecule has 0 spiro atoms. The Morgan fingerprint density at radius 2 is 1.24 bits per heavy atom. The number of carboxylic acids is 1. The van der Waals surface area contributed by atoms with Gasteiger partial charge in [-0.05, 0) is 88.2 Å². The van der Waals surface area contributed by atoms with E-state index in [0.717, 1.165) is 46.6 Å². The fourth-order valence-electron chi connectivity index (χ4n) is 5.23. The maximum Gasteiger partial charge on any atom is 0.309 e. The van der Waals surface area contributed by atoms with Gasteiger partial charge < -0.3 is 10.2 Å². The van der Waals surface area contributed by atoms with Crippen LogP contribution in [0.3, 0.4) is 0 Å². The number of aliphatic hydroxyl groups is 1. The van der Waals surface area contributed by atoms with Crippen LogP contribution >= 0.6 is 0 Å². The van der Waals surface area contributed by atoms with Crippen molar-refractivity contribution in [1.29, 1.82) is 0 Å². The van der Waals surface area contributed by atoms with Crippen molar-refractivity contribution in [1.82, 2.24) is 0 Å². The molecule has 5 nitrogen and oxygen atoms in total. The Kier molecular flexibility index (Phi) is 10.7. The summed E-state index contributed by atoms with van der Waals surface area (Å²) in [6, 6.07) is 0. The van der Waals surface area contributed by atoms with Gasteiger partial charge in [0.15, 0.2) is 5.78 Å². The summed E-state index contributed by atoms with van der Waals surface area (Å²) in [5, 5.41) is 18.9. The van der Waals surface area contributed by atoms with Crippen molar-refractivity contribution in [3.05, 3.63) is 45.3 Å².